The first-order chi connectivity index (χ1) is 10.2. The summed E-state index contributed by atoms with van der Waals surface area (Å²) in [5.74, 6) is 0.624. The Bertz CT molecular complexity index is 465. The van der Waals surface area contributed by atoms with E-state index in [1.165, 1.54) is 0 Å². The lowest BCUT2D eigenvalue weighted by molar-refractivity contribution is -0.124. The van der Waals surface area contributed by atoms with Crippen LogP contribution in [0.5, 0.6) is 5.75 Å². The van der Waals surface area contributed by atoms with Crippen molar-refractivity contribution in [1.82, 2.24) is 10.2 Å². The van der Waals surface area contributed by atoms with E-state index in [0.29, 0.717) is 12.3 Å². The van der Waals surface area contributed by atoms with E-state index in [-0.39, 0.29) is 18.6 Å². The maximum Gasteiger partial charge on any atom is 0.258 e. The van der Waals surface area contributed by atoms with Crippen molar-refractivity contribution in [2.24, 2.45) is 5.73 Å². The molecule has 1 unspecified atom stereocenters. The van der Waals surface area contributed by atoms with Gasteiger partial charge in [-0.05, 0) is 32.0 Å². The number of likely N-dealkylation sites (N-methyl/N-ethyl adjacent to an activating group) is 1. The summed E-state index contributed by atoms with van der Waals surface area (Å²) in [5.41, 5.74) is 6.57. The van der Waals surface area contributed by atoms with Crippen LogP contribution in [0.15, 0.2) is 24.3 Å². The van der Waals surface area contributed by atoms with Gasteiger partial charge in [0, 0.05) is 24.7 Å². The summed E-state index contributed by atoms with van der Waals surface area (Å²) >= 11 is 0. The zero-order chi connectivity index (χ0) is 15.1. The number of ether oxygens (including phenoxy) is 1. The first kappa shape index (κ1) is 15.8. The molecule has 0 radical (unpaired) electrons. The number of carbonyl (C=O) groups excluding carboxylic acids is 1. The number of piperidine rings is 1. The van der Waals surface area contributed by atoms with Crippen LogP contribution in [0.2, 0.25) is 0 Å². The number of amides is 1. The van der Waals surface area contributed by atoms with Crippen molar-refractivity contribution < 1.29 is 9.53 Å². The van der Waals surface area contributed by atoms with Crippen LogP contribution in [-0.2, 0) is 11.3 Å². The van der Waals surface area contributed by atoms with Crippen molar-refractivity contribution in [3.05, 3.63) is 29.8 Å². The molecular formula is C16H25N3O2. The molecular weight excluding hydrogens is 266 g/mol. The number of benzene rings is 1. The third-order valence-electron chi connectivity index (χ3n) is 3.87. The molecule has 0 saturated carbocycles. The number of rotatable bonds is 6. The summed E-state index contributed by atoms with van der Waals surface area (Å²) in [6.45, 7) is 5.69. The van der Waals surface area contributed by atoms with Gasteiger partial charge in [0.1, 0.15) is 5.75 Å². The Kier molecular flexibility index (Phi) is 6.02. The molecule has 1 aromatic carbocycles. The first-order valence-corrected chi connectivity index (χ1v) is 7.65. The number of likely N-dealkylation sites (tertiary alicyclic amines) is 1. The molecule has 21 heavy (non-hydrogen) atoms. The summed E-state index contributed by atoms with van der Waals surface area (Å²) in [6, 6.07) is 7.78. The van der Waals surface area contributed by atoms with Gasteiger partial charge in [-0.15, -0.1) is 0 Å². The second-order valence-electron chi connectivity index (χ2n) is 5.40. The molecule has 1 atom stereocenters. The van der Waals surface area contributed by atoms with E-state index >= 15 is 0 Å². The molecule has 0 aliphatic carbocycles. The Morgan fingerprint density at radius 1 is 1.48 bits per heavy atom. The molecule has 1 amide bonds. The molecule has 2 rings (SSSR count). The predicted octanol–water partition coefficient (Wildman–Crippen LogP) is 1.12. The maximum absolute atomic E-state index is 12.0. The van der Waals surface area contributed by atoms with Crippen LogP contribution in [0.4, 0.5) is 0 Å². The van der Waals surface area contributed by atoms with Gasteiger partial charge in [-0.3, -0.25) is 4.79 Å². The average molecular weight is 291 g/mol. The highest BCUT2D eigenvalue weighted by Crippen LogP contribution is 2.17. The number of hydrogen-bond acceptors (Lipinski definition) is 4. The van der Waals surface area contributed by atoms with Crippen LogP contribution >= 0.6 is 0 Å². The summed E-state index contributed by atoms with van der Waals surface area (Å²) in [5, 5.41) is 3.05. The minimum atomic E-state index is -0.0650. The van der Waals surface area contributed by atoms with E-state index in [1.54, 1.807) is 0 Å². The van der Waals surface area contributed by atoms with Gasteiger partial charge >= 0.3 is 0 Å². The smallest absolute Gasteiger partial charge is 0.258 e. The molecule has 1 aliphatic rings. The number of nitrogens with zero attached hydrogens (tertiary/aromatic N) is 1. The molecule has 0 bridgehead atoms. The topological polar surface area (TPSA) is 67.6 Å². The molecule has 0 spiro atoms. The third-order valence-corrected chi connectivity index (χ3v) is 3.87. The van der Waals surface area contributed by atoms with Crippen molar-refractivity contribution in [3.8, 4) is 5.75 Å². The van der Waals surface area contributed by atoms with E-state index in [1.807, 2.05) is 24.3 Å². The summed E-state index contributed by atoms with van der Waals surface area (Å²) in [7, 11) is 0. The van der Waals surface area contributed by atoms with E-state index < -0.39 is 0 Å². The monoisotopic (exact) mass is 291 g/mol. The van der Waals surface area contributed by atoms with E-state index in [4.69, 9.17) is 10.5 Å². The van der Waals surface area contributed by atoms with Crippen molar-refractivity contribution >= 4 is 5.91 Å². The molecule has 3 N–H and O–H groups in total. The van der Waals surface area contributed by atoms with Gasteiger partial charge in [-0.25, -0.2) is 0 Å². The van der Waals surface area contributed by atoms with Crippen molar-refractivity contribution in [3.63, 3.8) is 0 Å². The molecule has 116 valence electrons. The third kappa shape index (κ3) is 4.72. The highest BCUT2D eigenvalue weighted by molar-refractivity contribution is 5.77. The highest BCUT2D eigenvalue weighted by Gasteiger charge is 2.20. The fourth-order valence-electron chi connectivity index (χ4n) is 2.69. The summed E-state index contributed by atoms with van der Waals surface area (Å²) in [6.07, 6.45) is 2.18. The maximum atomic E-state index is 12.0. The normalized spacial score (nSPS) is 19.2. The molecule has 1 saturated heterocycles. The van der Waals surface area contributed by atoms with Crippen LogP contribution in [0.25, 0.3) is 0 Å². The summed E-state index contributed by atoms with van der Waals surface area (Å²) in [4.78, 5) is 14.4. The number of carbonyl (C=O) groups is 1. The fourth-order valence-corrected chi connectivity index (χ4v) is 2.69. The molecule has 1 aliphatic heterocycles. The number of nitrogens with two attached hydrogens (primary N) is 1. The zero-order valence-electron chi connectivity index (χ0n) is 12.7. The molecule has 1 heterocycles. The van der Waals surface area contributed by atoms with Gasteiger partial charge in [0.2, 0.25) is 0 Å². The second-order valence-corrected chi connectivity index (χ2v) is 5.40. The molecule has 1 fully saturated rings. The van der Waals surface area contributed by atoms with Crippen LogP contribution < -0.4 is 15.8 Å². The highest BCUT2D eigenvalue weighted by atomic mass is 16.5. The fraction of sp³-hybridized carbons (Fsp3) is 0.562. The minimum Gasteiger partial charge on any atom is -0.483 e. The first-order valence-electron chi connectivity index (χ1n) is 7.65. The van der Waals surface area contributed by atoms with E-state index in [0.717, 1.165) is 38.0 Å². The van der Waals surface area contributed by atoms with Crippen molar-refractivity contribution in [1.29, 1.82) is 0 Å². The largest absolute Gasteiger partial charge is 0.483 e. The van der Waals surface area contributed by atoms with Crippen molar-refractivity contribution in [2.75, 3.05) is 26.2 Å². The Balaban J connectivity index is 1.79. The quantitative estimate of drug-likeness (QED) is 0.824. The van der Waals surface area contributed by atoms with Gasteiger partial charge in [0.15, 0.2) is 6.61 Å². The van der Waals surface area contributed by atoms with Crippen LogP contribution in [-0.4, -0.2) is 43.1 Å². The molecule has 0 aromatic heterocycles. The van der Waals surface area contributed by atoms with Gasteiger partial charge in [0.25, 0.3) is 5.91 Å². The predicted molar refractivity (Wildman–Crippen MR) is 83.1 cm³/mol. The summed E-state index contributed by atoms with van der Waals surface area (Å²) < 4.78 is 5.58. The molecule has 1 aromatic rings. The Morgan fingerprint density at radius 2 is 2.29 bits per heavy atom. The van der Waals surface area contributed by atoms with Crippen LogP contribution in [0.1, 0.15) is 25.3 Å². The number of nitrogens with one attached hydrogen (secondary N) is 1. The lowest BCUT2D eigenvalue weighted by Crippen LogP contribution is -2.48. The standard InChI is InChI=1S/C16H25N3O2/c1-2-19-9-5-7-14(11-19)18-16(20)12-21-15-8-4-3-6-13(15)10-17/h3-4,6,8,14H,2,5,7,9-12,17H2,1H3,(H,18,20). The Morgan fingerprint density at radius 3 is 3.05 bits per heavy atom. The van der Waals surface area contributed by atoms with Gasteiger partial charge in [-0.1, -0.05) is 25.1 Å². The number of para-hydroxylation sites is 1. The molecule has 5 nitrogen and oxygen atoms in total. The van der Waals surface area contributed by atoms with E-state index in [9.17, 15) is 4.79 Å². The van der Waals surface area contributed by atoms with Gasteiger partial charge in [-0.2, -0.15) is 0 Å². The number of hydrogen-bond donors (Lipinski definition) is 2. The lowest BCUT2D eigenvalue weighted by atomic mass is 10.1. The van der Waals surface area contributed by atoms with Crippen LogP contribution in [0.3, 0.4) is 0 Å². The lowest BCUT2D eigenvalue weighted by Gasteiger charge is -2.32. The Labute approximate surface area is 126 Å². The zero-order valence-corrected chi connectivity index (χ0v) is 12.7. The van der Waals surface area contributed by atoms with Crippen LogP contribution in [0, 0.1) is 0 Å². The average Bonchev–Trinajstić information content (AvgIpc) is 2.53. The Hall–Kier alpha value is -1.59. The van der Waals surface area contributed by atoms with Gasteiger partial charge in [0.05, 0.1) is 0 Å². The minimum absolute atomic E-state index is 0.0413. The van der Waals surface area contributed by atoms with E-state index in [2.05, 4.69) is 17.1 Å². The molecule has 5 heteroatoms. The van der Waals surface area contributed by atoms with Gasteiger partial charge < -0.3 is 20.7 Å². The van der Waals surface area contributed by atoms with Crippen molar-refractivity contribution in [2.45, 2.75) is 32.4 Å². The SMILES string of the molecule is CCN1CCCC(NC(=O)COc2ccccc2CN)C1. The second kappa shape index (κ2) is 8.00.